The second-order valence-electron chi connectivity index (χ2n) is 4.44. The molecule has 2 aromatic rings. The maximum absolute atomic E-state index is 12.8. The van der Waals surface area contributed by atoms with Gasteiger partial charge in [0.2, 0.25) is 0 Å². The van der Waals surface area contributed by atoms with Crippen molar-refractivity contribution in [2.75, 3.05) is 11.1 Å². The quantitative estimate of drug-likeness (QED) is 0.871. The topological polar surface area (TPSA) is 63.8 Å². The highest BCUT2D eigenvalue weighted by Crippen LogP contribution is 2.38. The van der Waals surface area contributed by atoms with Crippen molar-refractivity contribution in [3.63, 3.8) is 0 Å². The van der Waals surface area contributed by atoms with Gasteiger partial charge in [0.1, 0.15) is 23.3 Å². The number of aromatic nitrogens is 2. The average Bonchev–Trinajstić information content (AvgIpc) is 3.15. The third-order valence-electron chi connectivity index (χ3n) is 2.82. The third kappa shape index (κ3) is 2.40. The summed E-state index contributed by atoms with van der Waals surface area (Å²) >= 11 is 0. The molecule has 1 heterocycles. The molecule has 1 aliphatic carbocycles. The maximum Gasteiger partial charge on any atom is 0.136 e. The highest BCUT2D eigenvalue weighted by molar-refractivity contribution is 5.58. The molecule has 4 nitrogen and oxygen atoms in total. The number of hydrogen-bond donors (Lipinski definition) is 2. The minimum Gasteiger partial charge on any atom is -0.384 e. The van der Waals surface area contributed by atoms with Crippen LogP contribution in [0.25, 0.3) is 0 Å². The fraction of sp³-hybridized carbons (Fsp3) is 0.231. The normalized spacial score (nSPS) is 14.5. The summed E-state index contributed by atoms with van der Waals surface area (Å²) in [5.41, 5.74) is 6.53. The third-order valence-corrected chi connectivity index (χ3v) is 2.82. The molecule has 0 amide bonds. The molecule has 5 heteroatoms. The summed E-state index contributed by atoms with van der Waals surface area (Å²) in [5.74, 6) is 2.08. The van der Waals surface area contributed by atoms with E-state index < -0.39 is 0 Å². The maximum atomic E-state index is 12.8. The van der Waals surface area contributed by atoms with Gasteiger partial charge in [-0.15, -0.1) is 0 Å². The molecule has 0 unspecified atom stereocenters. The van der Waals surface area contributed by atoms with E-state index in [9.17, 15) is 4.39 Å². The van der Waals surface area contributed by atoms with Gasteiger partial charge in [0, 0.05) is 17.7 Å². The number of nitrogens with two attached hydrogens (primary N) is 1. The van der Waals surface area contributed by atoms with Crippen molar-refractivity contribution < 1.29 is 4.39 Å². The van der Waals surface area contributed by atoms with Crippen LogP contribution in [0.15, 0.2) is 30.3 Å². The number of halogens is 1. The van der Waals surface area contributed by atoms with Crippen molar-refractivity contribution >= 4 is 17.3 Å². The summed E-state index contributed by atoms with van der Waals surface area (Å²) in [6.45, 7) is 0. The first-order valence-corrected chi connectivity index (χ1v) is 5.88. The van der Waals surface area contributed by atoms with Crippen molar-refractivity contribution in [1.29, 1.82) is 0 Å². The number of rotatable bonds is 3. The van der Waals surface area contributed by atoms with E-state index in [1.807, 2.05) is 0 Å². The van der Waals surface area contributed by atoms with E-state index in [1.54, 1.807) is 18.2 Å². The summed E-state index contributed by atoms with van der Waals surface area (Å²) in [7, 11) is 0. The second kappa shape index (κ2) is 4.25. The van der Waals surface area contributed by atoms with E-state index in [1.165, 1.54) is 12.1 Å². The van der Waals surface area contributed by atoms with E-state index in [0.29, 0.717) is 17.6 Å². The van der Waals surface area contributed by atoms with Crippen LogP contribution in [0.3, 0.4) is 0 Å². The molecule has 0 bridgehead atoms. The molecule has 1 aromatic heterocycles. The Kier molecular flexibility index (Phi) is 2.59. The predicted octanol–water partition coefficient (Wildman–Crippen LogP) is 2.82. The first-order chi connectivity index (χ1) is 8.70. The molecular weight excluding hydrogens is 231 g/mol. The Bertz CT molecular complexity index is 564. The molecule has 1 fully saturated rings. The van der Waals surface area contributed by atoms with Gasteiger partial charge in [0.05, 0.1) is 0 Å². The molecule has 0 saturated heterocycles. The lowest BCUT2D eigenvalue weighted by Gasteiger charge is -2.07. The molecule has 18 heavy (non-hydrogen) atoms. The fourth-order valence-electron chi connectivity index (χ4n) is 1.75. The minimum atomic E-state index is -0.263. The summed E-state index contributed by atoms with van der Waals surface area (Å²) in [6, 6.07) is 7.79. The van der Waals surface area contributed by atoms with E-state index in [2.05, 4.69) is 15.3 Å². The molecule has 0 spiro atoms. The van der Waals surface area contributed by atoms with Crippen LogP contribution in [0, 0.1) is 5.82 Å². The molecular formula is C13H13FN4. The van der Waals surface area contributed by atoms with Crippen LogP contribution in [-0.2, 0) is 0 Å². The van der Waals surface area contributed by atoms with Crippen molar-refractivity contribution in [3.05, 3.63) is 42.0 Å². The summed E-state index contributed by atoms with van der Waals surface area (Å²) in [5, 5.41) is 3.10. The van der Waals surface area contributed by atoms with Crippen LogP contribution < -0.4 is 11.1 Å². The molecule has 0 atom stereocenters. The Labute approximate surface area is 104 Å². The first-order valence-electron chi connectivity index (χ1n) is 5.88. The van der Waals surface area contributed by atoms with Gasteiger partial charge in [0.25, 0.3) is 0 Å². The molecule has 1 saturated carbocycles. The van der Waals surface area contributed by atoms with Crippen molar-refractivity contribution in [2.45, 2.75) is 18.8 Å². The largest absolute Gasteiger partial charge is 0.384 e. The van der Waals surface area contributed by atoms with Gasteiger partial charge in [-0.2, -0.15) is 0 Å². The summed E-state index contributed by atoms with van der Waals surface area (Å²) in [6.07, 6.45) is 2.25. The van der Waals surface area contributed by atoms with Crippen molar-refractivity contribution in [3.8, 4) is 0 Å². The van der Waals surface area contributed by atoms with Crippen LogP contribution >= 0.6 is 0 Å². The van der Waals surface area contributed by atoms with Crippen LogP contribution in [-0.4, -0.2) is 9.97 Å². The molecule has 1 aliphatic rings. The van der Waals surface area contributed by atoms with Gasteiger partial charge in [-0.3, -0.25) is 0 Å². The molecule has 0 radical (unpaired) electrons. The van der Waals surface area contributed by atoms with Crippen molar-refractivity contribution in [1.82, 2.24) is 9.97 Å². The standard InChI is InChI=1S/C13H13FN4/c14-9-3-5-10(6-4-9)16-12-7-11(15)17-13(18-12)8-1-2-8/h3-8H,1-2H2,(H3,15,16,17,18). The van der Waals surface area contributed by atoms with E-state index >= 15 is 0 Å². The SMILES string of the molecule is Nc1cc(Nc2ccc(F)cc2)nc(C2CC2)n1. The monoisotopic (exact) mass is 244 g/mol. The Balaban J connectivity index is 1.85. The number of nitrogen functional groups attached to an aromatic ring is 1. The van der Waals surface area contributed by atoms with Crippen molar-refractivity contribution in [2.24, 2.45) is 0 Å². The fourth-order valence-corrected chi connectivity index (χ4v) is 1.75. The Hall–Kier alpha value is -2.17. The Morgan fingerprint density at radius 3 is 2.56 bits per heavy atom. The number of benzene rings is 1. The van der Waals surface area contributed by atoms with Gasteiger partial charge in [-0.25, -0.2) is 14.4 Å². The molecule has 3 N–H and O–H groups in total. The van der Waals surface area contributed by atoms with E-state index in [4.69, 9.17) is 5.73 Å². The van der Waals surface area contributed by atoms with Crippen LogP contribution in [0.4, 0.5) is 21.7 Å². The number of nitrogens with one attached hydrogen (secondary N) is 1. The van der Waals surface area contributed by atoms with Gasteiger partial charge >= 0.3 is 0 Å². The number of nitrogens with zero attached hydrogens (tertiary/aromatic N) is 2. The smallest absolute Gasteiger partial charge is 0.136 e. The average molecular weight is 244 g/mol. The van der Waals surface area contributed by atoms with Gasteiger partial charge in [-0.1, -0.05) is 0 Å². The lowest BCUT2D eigenvalue weighted by molar-refractivity contribution is 0.628. The van der Waals surface area contributed by atoms with E-state index in [-0.39, 0.29) is 5.82 Å². The number of anilines is 3. The molecule has 3 rings (SSSR count). The van der Waals surface area contributed by atoms with Gasteiger partial charge in [-0.05, 0) is 37.1 Å². The molecule has 1 aromatic carbocycles. The zero-order valence-electron chi connectivity index (χ0n) is 9.73. The number of hydrogen-bond acceptors (Lipinski definition) is 4. The Morgan fingerprint density at radius 2 is 1.89 bits per heavy atom. The van der Waals surface area contributed by atoms with Gasteiger partial charge in [0.15, 0.2) is 0 Å². The van der Waals surface area contributed by atoms with E-state index in [0.717, 1.165) is 24.4 Å². The molecule has 0 aliphatic heterocycles. The lowest BCUT2D eigenvalue weighted by atomic mass is 10.3. The zero-order valence-corrected chi connectivity index (χ0v) is 9.73. The zero-order chi connectivity index (χ0) is 12.5. The van der Waals surface area contributed by atoms with Crippen LogP contribution in [0.2, 0.25) is 0 Å². The second-order valence-corrected chi connectivity index (χ2v) is 4.44. The minimum absolute atomic E-state index is 0.263. The summed E-state index contributed by atoms with van der Waals surface area (Å²) in [4.78, 5) is 8.64. The Morgan fingerprint density at radius 1 is 1.17 bits per heavy atom. The summed E-state index contributed by atoms with van der Waals surface area (Å²) < 4.78 is 12.8. The van der Waals surface area contributed by atoms with Crippen LogP contribution in [0.1, 0.15) is 24.6 Å². The van der Waals surface area contributed by atoms with Crippen LogP contribution in [0.5, 0.6) is 0 Å². The van der Waals surface area contributed by atoms with Gasteiger partial charge < -0.3 is 11.1 Å². The highest BCUT2D eigenvalue weighted by atomic mass is 19.1. The first kappa shape index (κ1) is 11.0. The highest BCUT2D eigenvalue weighted by Gasteiger charge is 2.27. The predicted molar refractivity (Wildman–Crippen MR) is 68.1 cm³/mol. The lowest BCUT2D eigenvalue weighted by Crippen LogP contribution is -2.02. The molecule has 92 valence electrons.